The van der Waals surface area contributed by atoms with Gasteiger partial charge in [-0.1, -0.05) is 45.8 Å². The molecule has 140 valence electrons. The average Bonchev–Trinajstić information content (AvgIpc) is 2.90. The fourth-order valence-corrected chi connectivity index (χ4v) is 3.28. The second kappa shape index (κ2) is 7.84. The van der Waals surface area contributed by atoms with Crippen LogP contribution in [0.2, 0.25) is 0 Å². The topological polar surface area (TPSA) is 67.9 Å². The van der Waals surface area contributed by atoms with Gasteiger partial charge in [0, 0.05) is 4.47 Å². The van der Waals surface area contributed by atoms with Gasteiger partial charge in [0.1, 0.15) is 5.70 Å². The van der Waals surface area contributed by atoms with Crippen molar-refractivity contribution >= 4 is 33.9 Å². The Labute approximate surface area is 165 Å². The Bertz CT molecular complexity index is 940. The van der Waals surface area contributed by atoms with Crippen molar-refractivity contribution in [2.24, 2.45) is 0 Å². The lowest BCUT2D eigenvalue weighted by Crippen LogP contribution is -2.30. The Balaban J connectivity index is 1.88. The van der Waals surface area contributed by atoms with E-state index in [4.69, 9.17) is 9.47 Å². The van der Waals surface area contributed by atoms with E-state index in [1.165, 1.54) is 12.0 Å². The normalized spacial score (nSPS) is 15.3. The Hall–Kier alpha value is -2.80. The van der Waals surface area contributed by atoms with Crippen LogP contribution in [0.5, 0.6) is 11.5 Å². The molecule has 0 aliphatic carbocycles. The quantitative estimate of drug-likeness (QED) is 0.577. The van der Waals surface area contributed by atoms with Crippen molar-refractivity contribution in [1.82, 2.24) is 10.2 Å². The predicted molar refractivity (Wildman–Crippen MR) is 105 cm³/mol. The number of amides is 3. The molecule has 1 fully saturated rings. The van der Waals surface area contributed by atoms with Crippen molar-refractivity contribution in [3.63, 3.8) is 0 Å². The van der Waals surface area contributed by atoms with E-state index in [0.717, 1.165) is 11.1 Å². The van der Waals surface area contributed by atoms with Gasteiger partial charge in [-0.05, 0) is 36.3 Å². The summed E-state index contributed by atoms with van der Waals surface area (Å²) in [7, 11) is 3.08. The Morgan fingerprint density at radius 2 is 1.81 bits per heavy atom. The van der Waals surface area contributed by atoms with Crippen LogP contribution in [0.4, 0.5) is 4.79 Å². The summed E-state index contributed by atoms with van der Waals surface area (Å²) in [5.41, 5.74) is 2.87. The molecule has 0 atom stereocenters. The van der Waals surface area contributed by atoms with Crippen LogP contribution < -0.4 is 14.8 Å². The highest BCUT2D eigenvalue weighted by molar-refractivity contribution is 9.10. The average molecular weight is 431 g/mol. The zero-order valence-electron chi connectivity index (χ0n) is 15.2. The van der Waals surface area contributed by atoms with E-state index < -0.39 is 6.03 Å². The maximum atomic E-state index is 12.7. The molecule has 0 radical (unpaired) electrons. The second-order valence-electron chi connectivity index (χ2n) is 6.10. The largest absolute Gasteiger partial charge is 0.493 e. The molecule has 1 aliphatic heterocycles. The first-order valence-electron chi connectivity index (χ1n) is 8.24. The molecule has 2 aromatic rings. The van der Waals surface area contributed by atoms with E-state index in [9.17, 15) is 9.59 Å². The van der Waals surface area contributed by atoms with Gasteiger partial charge in [-0.25, -0.2) is 4.79 Å². The molecule has 0 bridgehead atoms. The standard InChI is InChI=1S/C20H19BrN2O4/c1-12-5-4-6-13(7-12)11-23-19(24)16(22-20(23)25)8-14-9-17(26-2)18(27-3)10-15(14)21/h4-10H,11H2,1-3H3,(H,22,25)/b16-8+. The van der Waals surface area contributed by atoms with Crippen LogP contribution in [0.25, 0.3) is 6.08 Å². The van der Waals surface area contributed by atoms with Crippen molar-refractivity contribution in [3.8, 4) is 11.5 Å². The van der Waals surface area contributed by atoms with Crippen LogP contribution >= 0.6 is 15.9 Å². The van der Waals surface area contributed by atoms with Crippen LogP contribution in [0.15, 0.2) is 46.6 Å². The highest BCUT2D eigenvalue weighted by Gasteiger charge is 2.33. The Kier molecular flexibility index (Phi) is 5.51. The number of aryl methyl sites for hydroxylation is 1. The summed E-state index contributed by atoms with van der Waals surface area (Å²) in [4.78, 5) is 26.2. The molecular weight excluding hydrogens is 412 g/mol. The molecule has 3 amide bonds. The molecule has 0 spiro atoms. The molecule has 7 heteroatoms. The minimum absolute atomic E-state index is 0.209. The summed E-state index contributed by atoms with van der Waals surface area (Å²) in [6, 6.07) is 10.8. The SMILES string of the molecule is COc1cc(Br)c(/C=C2/NC(=O)N(Cc3cccc(C)c3)C2=O)cc1OC. The highest BCUT2D eigenvalue weighted by Crippen LogP contribution is 2.34. The summed E-state index contributed by atoms with van der Waals surface area (Å²) in [6.45, 7) is 2.19. The maximum Gasteiger partial charge on any atom is 0.329 e. The minimum Gasteiger partial charge on any atom is -0.493 e. The van der Waals surface area contributed by atoms with E-state index in [1.54, 1.807) is 25.3 Å². The van der Waals surface area contributed by atoms with Gasteiger partial charge in [0.25, 0.3) is 5.91 Å². The zero-order valence-corrected chi connectivity index (χ0v) is 16.8. The third kappa shape index (κ3) is 3.98. The third-order valence-electron chi connectivity index (χ3n) is 4.19. The number of carbonyl (C=O) groups excluding carboxylic acids is 2. The number of imide groups is 1. The molecule has 1 N–H and O–H groups in total. The fraction of sp³-hybridized carbons (Fsp3) is 0.200. The van der Waals surface area contributed by atoms with E-state index in [0.29, 0.717) is 21.5 Å². The molecule has 1 aliphatic rings. The number of carbonyl (C=O) groups is 2. The molecule has 27 heavy (non-hydrogen) atoms. The number of urea groups is 1. The van der Waals surface area contributed by atoms with Crippen LogP contribution in [0.1, 0.15) is 16.7 Å². The molecule has 1 heterocycles. The monoisotopic (exact) mass is 430 g/mol. The van der Waals surface area contributed by atoms with Crippen molar-refractivity contribution < 1.29 is 19.1 Å². The van der Waals surface area contributed by atoms with Gasteiger partial charge < -0.3 is 14.8 Å². The first-order chi connectivity index (χ1) is 12.9. The van der Waals surface area contributed by atoms with Gasteiger partial charge >= 0.3 is 6.03 Å². The highest BCUT2D eigenvalue weighted by atomic mass is 79.9. The number of halogens is 1. The molecule has 0 unspecified atom stereocenters. The number of benzene rings is 2. The Morgan fingerprint density at radius 3 is 2.48 bits per heavy atom. The van der Waals surface area contributed by atoms with E-state index in [1.807, 2.05) is 31.2 Å². The first-order valence-corrected chi connectivity index (χ1v) is 9.04. The molecular formula is C20H19BrN2O4. The summed E-state index contributed by atoms with van der Waals surface area (Å²) < 4.78 is 11.3. The molecule has 1 saturated heterocycles. The maximum absolute atomic E-state index is 12.7. The van der Waals surface area contributed by atoms with Gasteiger partial charge in [0.05, 0.1) is 20.8 Å². The van der Waals surface area contributed by atoms with Crippen molar-refractivity contribution in [1.29, 1.82) is 0 Å². The second-order valence-corrected chi connectivity index (χ2v) is 6.95. The molecule has 2 aromatic carbocycles. The molecule has 3 rings (SSSR count). The lowest BCUT2D eigenvalue weighted by atomic mass is 10.1. The van der Waals surface area contributed by atoms with Crippen LogP contribution in [0.3, 0.4) is 0 Å². The van der Waals surface area contributed by atoms with Crippen LogP contribution in [-0.2, 0) is 11.3 Å². The first kappa shape index (κ1) is 19.0. The van der Waals surface area contributed by atoms with E-state index in [-0.39, 0.29) is 18.1 Å². The number of nitrogens with one attached hydrogen (secondary N) is 1. The van der Waals surface area contributed by atoms with Gasteiger partial charge in [-0.2, -0.15) is 0 Å². The Morgan fingerprint density at radius 1 is 1.11 bits per heavy atom. The van der Waals surface area contributed by atoms with Crippen molar-refractivity contribution in [3.05, 3.63) is 63.3 Å². The number of rotatable bonds is 5. The van der Waals surface area contributed by atoms with Gasteiger partial charge in [0.2, 0.25) is 0 Å². The van der Waals surface area contributed by atoms with Gasteiger partial charge in [-0.3, -0.25) is 9.69 Å². The van der Waals surface area contributed by atoms with E-state index in [2.05, 4.69) is 21.2 Å². The van der Waals surface area contributed by atoms with Gasteiger partial charge in [-0.15, -0.1) is 0 Å². The summed E-state index contributed by atoms with van der Waals surface area (Å²) >= 11 is 3.45. The molecule has 0 saturated carbocycles. The number of hydrogen-bond acceptors (Lipinski definition) is 4. The number of nitrogens with zero attached hydrogens (tertiary/aromatic N) is 1. The summed E-state index contributed by atoms with van der Waals surface area (Å²) in [5.74, 6) is 0.721. The van der Waals surface area contributed by atoms with Crippen molar-refractivity contribution in [2.45, 2.75) is 13.5 Å². The molecule has 0 aromatic heterocycles. The van der Waals surface area contributed by atoms with Gasteiger partial charge in [0.15, 0.2) is 11.5 Å². The lowest BCUT2D eigenvalue weighted by molar-refractivity contribution is -0.123. The van der Waals surface area contributed by atoms with Crippen molar-refractivity contribution in [2.75, 3.05) is 14.2 Å². The lowest BCUT2D eigenvalue weighted by Gasteiger charge is -2.12. The van der Waals surface area contributed by atoms with Crippen LogP contribution in [-0.4, -0.2) is 31.1 Å². The predicted octanol–water partition coefficient (Wildman–Crippen LogP) is 3.87. The smallest absolute Gasteiger partial charge is 0.329 e. The minimum atomic E-state index is -0.440. The summed E-state index contributed by atoms with van der Waals surface area (Å²) in [5, 5.41) is 2.64. The van der Waals surface area contributed by atoms with E-state index >= 15 is 0 Å². The molecule has 6 nitrogen and oxygen atoms in total. The summed E-state index contributed by atoms with van der Waals surface area (Å²) in [6.07, 6.45) is 1.61. The number of hydrogen-bond donors (Lipinski definition) is 1. The zero-order chi connectivity index (χ0) is 19.6. The fourth-order valence-electron chi connectivity index (χ4n) is 2.84. The number of ether oxygens (including phenoxy) is 2. The number of methoxy groups -OCH3 is 2. The third-order valence-corrected chi connectivity index (χ3v) is 4.87. The van der Waals surface area contributed by atoms with Crippen LogP contribution in [0, 0.1) is 6.92 Å².